The number of β-lactam (4-membered cyclic amide) rings is 1. The number of allylic oxidation sites excluding steroid dienone is 1. The molecule has 14 heteroatoms. The van der Waals surface area contributed by atoms with Crippen LogP contribution in [0.2, 0.25) is 0 Å². The number of amides is 2. The fourth-order valence-corrected chi connectivity index (χ4v) is 3.87. The topological polar surface area (TPSA) is 156 Å². The molecule has 1 unspecified atom stereocenters. The van der Waals surface area contributed by atoms with Crippen LogP contribution in [0.1, 0.15) is 24.4 Å². The number of rotatable bonds is 6. The standard InChI is InChI=1S/C17H16F3N3O7S/c18-17(19,20)31(28,29)30-10-7-6-9-12(15(25)23(9)13(10)16(26)27)22-14(24)11(21)8-4-2-1-3-5-8/h1-5,9,11-12H,6-7,21H2,(H,22,24)(H,26,27)/t9-,11?,12-/m0/s1. The molecule has 1 saturated heterocycles. The summed E-state index contributed by atoms with van der Waals surface area (Å²) in [5, 5.41) is 11.7. The minimum absolute atomic E-state index is 0.142. The van der Waals surface area contributed by atoms with Crippen LogP contribution >= 0.6 is 0 Å². The predicted octanol–water partition coefficient (Wildman–Crippen LogP) is 0.338. The highest BCUT2D eigenvalue weighted by Crippen LogP contribution is 2.39. The summed E-state index contributed by atoms with van der Waals surface area (Å²) in [7, 11) is -6.12. The number of alkyl halides is 3. The molecule has 1 aromatic carbocycles. The van der Waals surface area contributed by atoms with Crippen LogP contribution in [0.15, 0.2) is 41.8 Å². The van der Waals surface area contributed by atoms with Gasteiger partial charge in [0.1, 0.15) is 12.1 Å². The molecule has 0 aliphatic carbocycles. The number of nitrogens with zero attached hydrogens (tertiary/aromatic N) is 1. The van der Waals surface area contributed by atoms with Crippen molar-refractivity contribution in [1.29, 1.82) is 0 Å². The van der Waals surface area contributed by atoms with Gasteiger partial charge in [0, 0.05) is 6.42 Å². The number of benzene rings is 1. The fraction of sp³-hybridized carbons (Fsp3) is 0.353. The zero-order valence-corrected chi connectivity index (χ0v) is 16.3. The molecule has 3 atom stereocenters. The third-order valence-electron chi connectivity index (χ3n) is 4.83. The highest BCUT2D eigenvalue weighted by Gasteiger charge is 2.56. The van der Waals surface area contributed by atoms with Crippen molar-refractivity contribution in [3.63, 3.8) is 0 Å². The van der Waals surface area contributed by atoms with Crippen molar-refractivity contribution >= 4 is 27.9 Å². The lowest BCUT2D eigenvalue weighted by atomic mass is 9.85. The second-order valence-corrected chi connectivity index (χ2v) is 8.29. The van der Waals surface area contributed by atoms with Gasteiger partial charge in [-0.3, -0.25) is 14.5 Å². The van der Waals surface area contributed by atoms with Crippen LogP contribution in [0.4, 0.5) is 13.2 Å². The molecule has 2 aliphatic rings. The number of carboxylic acids is 1. The van der Waals surface area contributed by atoms with Crippen LogP contribution in [-0.4, -0.2) is 53.8 Å². The van der Waals surface area contributed by atoms with Crippen molar-refractivity contribution in [3.8, 4) is 0 Å². The van der Waals surface area contributed by atoms with Gasteiger partial charge >= 0.3 is 21.6 Å². The highest BCUT2D eigenvalue weighted by atomic mass is 32.2. The Bertz CT molecular complexity index is 1060. The third kappa shape index (κ3) is 4.07. The van der Waals surface area contributed by atoms with Crippen molar-refractivity contribution in [1.82, 2.24) is 10.2 Å². The molecule has 3 rings (SSSR count). The second-order valence-electron chi connectivity index (χ2n) is 6.75. The molecule has 0 radical (unpaired) electrons. The molecule has 2 aliphatic heterocycles. The molecule has 0 saturated carbocycles. The van der Waals surface area contributed by atoms with E-state index in [4.69, 9.17) is 5.73 Å². The number of nitrogens with two attached hydrogens (primary N) is 1. The number of carboxylic acid groups (broad SMARTS) is 1. The Labute approximate surface area is 173 Å². The number of nitrogens with one attached hydrogen (secondary N) is 1. The summed E-state index contributed by atoms with van der Waals surface area (Å²) < 4.78 is 64.2. The lowest BCUT2D eigenvalue weighted by Gasteiger charge is -2.49. The van der Waals surface area contributed by atoms with Crippen molar-refractivity contribution in [3.05, 3.63) is 47.4 Å². The smallest absolute Gasteiger partial charge is 0.476 e. The summed E-state index contributed by atoms with van der Waals surface area (Å²) in [5.74, 6) is -4.52. The quantitative estimate of drug-likeness (QED) is 0.310. The van der Waals surface area contributed by atoms with E-state index in [0.29, 0.717) is 10.5 Å². The van der Waals surface area contributed by atoms with Crippen LogP contribution in [0.25, 0.3) is 0 Å². The van der Waals surface area contributed by atoms with Gasteiger partial charge in [-0.1, -0.05) is 30.3 Å². The van der Waals surface area contributed by atoms with E-state index in [1.165, 1.54) is 0 Å². The number of fused-ring (bicyclic) bond motifs is 1. The molecule has 1 aromatic rings. The fourth-order valence-electron chi connectivity index (χ4n) is 3.34. The van der Waals surface area contributed by atoms with Crippen LogP contribution in [-0.2, 0) is 28.7 Å². The van der Waals surface area contributed by atoms with E-state index >= 15 is 0 Å². The minimum atomic E-state index is -6.12. The van der Waals surface area contributed by atoms with Crippen LogP contribution in [0.3, 0.4) is 0 Å². The summed E-state index contributed by atoms with van der Waals surface area (Å²) in [6.45, 7) is 0. The summed E-state index contributed by atoms with van der Waals surface area (Å²) in [5.41, 5.74) is -0.478. The molecule has 4 N–H and O–H groups in total. The number of aliphatic carboxylic acids is 1. The molecule has 168 valence electrons. The Morgan fingerprint density at radius 1 is 1.26 bits per heavy atom. The van der Waals surface area contributed by atoms with Gasteiger partial charge in [-0.2, -0.15) is 21.6 Å². The van der Waals surface area contributed by atoms with Gasteiger partial charge in [0.2, 0.25) is 5.91 Å². The van der Waals surface area contributed by atoms with E-state index in [1.54, 1.807) is 30.3 Å². The van der Waals surface area contributed by atoms with E-state index in [1.807, 2.05) is 0 Å². The van der Waals surface area contributed by atoms with Gasteiger partial charge in [-0.15, -0.1) is 0 Å². The molecular formula is C17H16F3N3O7S. The SMILES string of the molecule is NC(C(=O)N[C@@H]1C(=O)N2C(C(=O)O)=C(OS(=O)(=O)C(F)(F)F)CC[C@@H]12)c1ccccc1. The first-order valence-corrected chi connectivity index (χ1v) is 10.2. The zero-order valence-electron chi connectivity index (χ0n) is 15.5. The first-order chi connectivity index (χ1) is 14.3. The first kappa shape index (κ1) is 22.6. The Balaban J connectivity index is 1.79. The van der Waals surface area contributed by atoms with Gasteiger partial charge in [0.15, 0.2) is 11.5 Å². The maximum absolute atomic E-state index is 12.6. The normalized spacial score (nSPS) is 22.3. The molecule has 2 heterocycles. The number of hydrogen-bond donors (Lipinski definition) is 3. The predicted molar refractivity (Wildman–Crippen MR) is 95.9 cm³/mol. The second kappa shape index (κ2) is 7.85. The van der Waals surface area contributed by atoms with E-state index < -0.39 is 69.4 Å². The Morgan fingerprint density at radius 2 is 1.87 bits per heavy atom. The zero-order chi connectivity index (χ0) is 23.1. The van der Waals surface area contributed by atoms with Gasteiger partial charge in [0.05, 0.1) is 6.04 Å². The summed E-state index contributed by atoms with van der Waals surface area (Å²) in [6, 6.07) is 5.01. The maximum atomic E-state index is 12.6. The number of carbonyl (C=O) groups is 3. The van der Waals surface area contributed by atoms with Gasteiger partial charge in [0.25, 0.3) is 5.91 Å². The Kier molecular flexibility index (Phi) is 5.71. The molecule has 31 heavy (non-hydrogen) atoms. The van der Waals surface area contributed by atoms with E-state index in [9.17, 15) is 41.1 Å². The van der Waals surface area contributed by atoms with E-state index in [2.05, 4.69) is 9.50 Å². The van der Waals surface area contributed by atoms with Crippen LogP contribution in [0, 0.1) is 0 Å². The Hall–Kier alpha value is -3.13. The summed E-state index contributed by atoms with van der Waals surface area (Å²) in [4.78, 5) is 37.0. The Morgan fingerprint density at radius 3 is 2.42 bits per heavy atom. The van der Waals surface area contributed by atoms with Crippen LogP contribution < -0.4 is 11.1 Å². The number of halogens is 3. The molecule has 10 nitrogen and oxygen atoms in total. The largest absolute Gasteiger partial charge is 0.534 e. The van der Waals surface area contributed by atoms with Crippen molar-refractivity contribution in [2.75, 3.05) is 0 Å². The molecule has 0 bridgehead atoms. The van der Waals surface area contributed by atoms with Crippen molar-refractivity contribution in [2.24, 2.45) is 5.73 Å². The van der Waals surface area contributed by atoms with Crippen LogP contribution in [0.5, 0.6) is 0 Å². The summed E-state index contributed by atoms with van der Waals surface area (Å²) >= 11 is 0. The van der Waals surface area contributed by atoms with E-state index in [0.717, 1.165) is 0 Å². The molecule has 2 amide bonds. The molecule has 1 fully saturated rings. The lowest BCUT2D eigenvalue weighted by molar-refractivity contribution is -0.156. The average molecular weight is 463 g/mol. The maximum Gasteiger partial charge on any atom is 0.534 e. The van der Waals surface area contributed by atoms with Gasteiger partial charge in [-0.05, 0) is 12.0 Å². The number of hydrogen-bond acceptors (Lipinski definition) is 7. The number of carbonyl (C=O) groups excluding carboxylic acids is 2. The van der Waals surface area contributed by atoms with Gasteiger partial charge in [-0.25, -0.2) is 4.79 Å². The monoisotopic (exact) mass is 463 g/mol. The average Bonchev–Trinajstić information content (AvgIpc) is 2.70. The summed E-state index contributed by atoms with van der Waals surface area (Å²) in [6.07, 6.45) is -0.654. The van der Waals surface area contributed by atoms with E-state index in [-0.39, 0.29) is 6.42 Å². The van der Waals surface area contributed by atoms with Crippen molar-refractivity contribution < 1.29 is 45.3 Å². The minimum Gasteiger partial charge on any atom is -0.476 e. The molecule has 0 aromatic heterocycles. The third-order valence-corrected chi connectivity index (χ3v) is 5.81. The van der Waals surface area contributed by atoms with Gasteiger partial charge < -0.3 is 20.3 Å². The van der Waals surface area contributed by atoms with Crippen molar-refractivity contribution in [2.45, 2.75) is 36.5 Å². The lowest BCUT2D eigenvalue weighted by Crippen LogP contribution is -2.72. The molecule has 0 spiro atoms. The highest BCUT2D eigenvalue weighted by molar-refractivity contribution is 7.87. The molecular weight excluding hydrogens is 447 g/mol. The first-order valence-electron chi connectivity index (χ1n) is 8.76.